The van der Waals surface area contributed by atoms with E-state index in [1.165, 1.54) is 23.4 Å². The molecule has 2 aromatic carbocycles. The molecule has 2 N–H and O–H groups in total. The molecule has 0 aromatic heterocycles. The molecule has 0 bridgehead atoms. The topological polar surface area (TPSA) is 46.1 Å². The molecule has 202 valence electrons. The Balaban J connectivity index is 1.23. The van der Waals surface area contributed by atoms with Crippen molar-refractivity contribution < 1.29 is 0 Å². The third-order valence-electron chi connectivity index (χ3n) is 7.87. The van der Waals surface area contributed by atoms with Crippen LogP contribution in [-0.4, -0.2) is 60.4 Å². The van der Waals surface area contributed by atoms with Crippen molar-refractivity contribution in [3.05, 3.63) is 72.1 Å². The van der Waals surface area contributed by atoms with Gasteiger partial charge in [-0.25, -0.2) is 9.30 Å². The zero-order chi connectivity index (χ0) is 26.6. The number of likely N-dealkylation sites (N-methyl/N-ethyl adjacent to an activating group) is 1. The van der Waals surface area contributed by atoms with Gasteiger partial charge in [0.05, 0.1) is 0 Å². The van der Waals surface area contributed by atoms with Gasteiger partial charge in [0.25, 0.3) is 0 Å². The molecular weight excluding hydrogens is 488 g/mol. The summed E-state index contributed by atoms with van der Waals surface area (Å²) in [6.45, 7) is 13.4. The molecule has 38 heavy (non-hydrogen) atoms. The molecule has 3 aliphatic heterocycles. The summed E-state index contributed by atoms with van der Waals surface area (Å²) in [4.78, 5) is 10.9. The maximum absolute atomic E-state index is 4.82. The van der Waals surface area contributed by atoms with Crippen molar-refractivity contribution in [3.8, 4) is 0 Å². The average molecular weight is 531 g/mol. The zero-order valence-electron chi connectivity index (χ0n) is 23.4. The van der Waals surface area contributed by atoms with Gasteiger partial charge in [-0.3, -0.25) is 0 Å². The Morgan fingerprint density at radius 3 is 2.29 bits per heavy atom. The van der Waals surface area contributed by atoms with Crippen molar-refractivity contribution in [3.63, 3.8) is 0 Å². The predicted molar refractivity (Wildman–Crippen MR) is 164 cm³/mol. The van der Waals surface area contributed by atoms with E-state index in [-0.39, 0.29) is 5.92 Å². The Morgan fingerprint density at radius 2 is 1.58 bits per heavy atom. The minimum absolute atomic E-state index is 0.146. The summed E-state index contributed by atoms with van der Waals surface area (Å²) >= 11 is 1.88. The molecule has 2 fully saturated rings. The molecule has 0 amide bonds. The van der Waals surface area contributed by atoms with Crippen LogP contribution in [0.3, 0.4) is 0 Å². The van der Waals surface area contributed by atoms with Crippen molar-refractivity contribution in [1.29, 1.82) is 0 Å². The second kappa shape index (κ2) is 12.0. The smallest absolute Gasteiger partial charge is 0.113 e. The molecule has 0 radical (unpaired) electrons. The number of hydrogen-bond donors (Lipinski definition) is 2. The van der Waals surface area contributed by atoms with Gasteiger partial charge < -0.3 is 20.4 Å². The number of nitrogens with zero attached hydrogens (tertiary/aromatic N) is 4. The molecule has 7 heteroatoms. The van der Waals surface area contributed by atoms with Crippen molar-refractivity contribution in [2.24, 2.45) is 10.9 Å². The Hall–Kier alpha value is -2.74. The van der Waals surface area contributed by atoms with E-state index < -0.39 is 0 Å². The molecule has 3 aliphatic rings. The minimum atomic E-state index is 0.146. The van der Waals surface area contributed by atoms with Crippen LogP contribution < -0.4 is 15.5 Å². The summed E-state index contributed by atoms with van der Waals surface area (Å²) in [7, 11) is 2.19. The van der Waals surface area contributed by atoms with Crippen LogP contribution in [0.4, 0.5) is 17.1 Å². The number of nitrogens with one attached hydrogen (secondary N) is 2. The minimum Gasteiger partial charge on any atom is -0.369 e. The van der Waals surface area contributed by atoms with Crippen LogP contribution in [-0.2, 0) is 0 Å². The summed E-state index contributed by atoms with van der Waals surface area (Å²) in [6, 6.07) is 18.8. The molecule has 5 rings (SSSR count). The van der Waals surface area contributed by atoms with Gasteiger partial charge in [0.15, 0.2) is 0 Å². The Morgan fingerprint density at radius 1 is 0.868 bits per heavy atom. The van der Waals surface area contributed by atoms with E-state index in [1.54, 1.807) is 0 Å². The fourth-order valence-electron chi connectivity index (χ4n) is 5.33. The molecule has 2 saturated heterocycles. The number of aliphatic imine (C=N–C) groups is 1. The third-order valence-corrected chi connectivity index (χ3v) is 9.27. The number of rotatable bonds is 6. The lowest BCUT2D eigenvalue weighted by molar-refractivity contribution is 0.313. The van der Waals surface area contributed by atoms with E-state index >= 15 is 0 Å². The van der Waals surface area contributed by atoms with E-state index in [9.17, 15) is 0 Å². The highest BCUT2D eigenvalue weighted by Gasteiger charge is 2.28. The first-order valence-corrected chi connectivity index (χ1v) is 14.7. The maximum Gasteiger partial charge on any atom is 0.113 e. The van der Waals surface area contributed by atoms with Gasteiger partial charge in [0.1, 0.15) is 5.84 Å². The monoisotopic (exact) mass is 530 g/mol. The number of amidine groups is 1. The molecule has 3 heterocycles. The van der Waals surface area contributed by atoms with Gasteiger partial charge in [-0.15, -0.1) is 0 Å². The molecule has 0 spiro atoms. The van der Waals surface area contributed by atoms with Crippen LogP contribution in [0.25, 0.3) is 0 Å². The largest absolute Gasteiger partial charge is 0.369 e. The number of benzene rings is 2. The quantitative estimate of drug-likeness (QED) is 0.406. The Bertz CT molecular complexity index is 1190. The summed E-state index contributed by atoms with van der Waals surface area (Å²) in [5, 5.41) is 7.24. The highest BCUT2D eigenvalue weighted by molar-refractivity contribution is 7.97. The van der Waals surface area contributed by atoms with Crippen LogP contribution in [0.15, 0.2) is 82.0 Å². The molecule has 0 aliphatic carbocycles. The molecule has 6 nitrogen and oxygen atoms in total. The summed E-state index contributed by atoms with van der Waals surface area (Å²) in [5.41, 5.74) is 5.69. The fraction of sp³-hybridized carbons (Fsp3) is 0.452. The van der Waals surface area contributed by atoms with Crippen molar-refractivity contribution in [2.75, 3.05) is 48.8 Å². The summed E-state index contributed by atoms with van der Waals surface area (Å²) in [6.07, 6.45) is 6.79. The predicted octanol–water partition coefficient (Wildman–Crippen LogP) is 6.68. The second-order valence-electron chi connectivity index (χ2n) is 11.0. The van der Waals surface area contributed by atoms with Gasteiger partial charge in [-0.1, -0.05) is 19.1 Å². The van der Waals surface area contributed by atoms with E-state index in [2.05, 4.69) is 114 Å². The molecule has 3 atom stereocenters. The first kappa shape index (κ1) is 26.9. The van der Waals surface area contributed by atoms with Gasteiger partial charge in [0, 0.05) is 78.0 Å². The Labute approximate surface area is 233 Å². The number of allylic oxidation sites excluding steroid dienone is 1. The Kier molecular flexibility index (Phi) is 8.46. The molecule has 3 unspecified atom stereocenters. The first-order chi connectivity index (χ1) is 18.4. The van der Waals surface area contributed by atoms with Crippen molar-refractivity contribution in [1.82, 2.24) is 9.21 Å². The molecule has 2 aromatic rings. The van der Waals surface area contributed by atoms with Gasteiger partial charge in [-0.05, 0) is 101 Å². The van der Waals surface area contributed by atoms with E-state index in [1.807, 2.05) is 18.1 Å². The van der Waals surface area contributed by atoms with Crippen LogP contribution in [0.5, 0.6) is 0 Å². The second-order valence-corrected chi connectivity index (χ2v) is 12.1. The lowest BCUT2D eigenvalue weighted by atomic mass is 10.1. The lowest BCUT2D eigenvalue weighted by Crippen LogP contribution is -2.44. The normalized spacial score (nSPS) is 24.9. The van der Waals surface area contributed by atoms with Gasteiger partial charge in [0.2, 0.25) is 0 Å². The summed E-state index contributed by atoms with van der Waals surface area (Å²) in [5.74, 6) is 1.10. The third kappa shape index (κ3) is 6.45. The van der Waals surface area contributed by atoms with Gasteiger partial charge in [-0.2, -0.15) is 0 Å². The standard InChI is InChI=1S/C31H42N6S/c1-22-19-30(33-27-7-6-8-29(20-27)38-37-24(3)9-10-25(37)4)23(2)21-32-31(22)34-26-11-13-28(14-12-26)36-17-15-35(5)16-18-36/h6-8,11-14,19-22,24-25,33H,9-10,15-18H2,1-5H3,(H,32,34). The van der Waals surface area contributed by atoms with Crippen molar-refractivity contribution >= 4 is 34.8 Å². The molecule has 0 saturated carbocycles. The number of anilines is 3. The highest BCUT2D eigenvalue weighted by Crippen LogP contribution is 2.36. The highest BCUT2D eigenvalue weighted by atomic mass is 32.2. The van der Waals surface area contributed by atoms with Crippen LogP contribution >= 0.6 is 11.9 Å². The molecular formula is C31H42N6S. The van der Waals surface area contributed by atoms with Crippen molar-refractivity contribution in [2.45, 2.75) is 57.5 Å². The lowest BCUT2D eigenvalue weighted by Gasteiger charge is -2.34. The van der Waals surface area contributed by atoms with Crippen LogP contribution in [0.1, 0.15) is 40.5 Å². The van der Waals surface area contributed by atoms with E-state index in [0.29, 0.717) is 12.1 Å². The number of hydrogen-bond acceptors (Lipinski definition) is 7. The van der Waals surface area contributed by atoms with E-state index in [4.69, 9.17) is 4.99 Å². The fourth-order valence-corrected chi connectivity index (χ4v) is 6.46. The van der Waals surface area contributed by atoms with E-state index in [0.717, 1.165) is 54.7 Å². The van der Waals surface area contributed by atoms with Crippen LogP contribution in [0, 0.1) is 5.92 Å². The zero-order valence-corrected chi connectivity index (χ0v) is 24.3. The van der Waals surface area contributed by atoms with Crippen LogP contribution in [0.2, 0.25) is 0 Å². The maximum atomic E-state index is 4.82. The number of piperazine rings is 1. The average Bonchev–Trinajstić information content (AvgIpc) is 3.16. The van der Waals surface area contributed by atoms with Gasteiger partial charge >= 0.3 is 0 Å². The SMILES string of the molecule is CC1=CN=C(Nc2ccc(N3CCN(C)CC3)cc2)C(C)C=C1Nc1cccc(SN2C(C)CCC2C)c1. The summed E-state index contributed by atoms with van der Waals surface area (Å²) < 4.78 is 2.54. The first-order valence-electron chi connectivity index (χ1n) is 14.0.